The van der Waals surface area contributed by atoms with Gasteiger partial charge in [0.05, 0.1) is 0 Å². The molecular weight excluding hydrogens is 352 g/mol. The minimum atomic E-state index is -0.255. The van der Waals surface area contributed by atoms with Crippen LogP contribution in [0.15, 0.2) is 49.1 Å². The Morgan fingerprint density at radius 2 is 1.75 bits per heavy atom. The first kappa shape index (κ1) is 22.0. The van der Waals surface area contributed by atoms with Crippen molar-refractivity contribution < 1.29 is 8.78 Å². The SMILES string of the molecule is C=CC(CCNC)CC/C(=C(/C)c1ccc(F)cc1)c1cc(F)cc(C)c1C. The number of nitrogens with one attached hydrogen (secondary N) is 1. The van der Waals surface area contributed by atoms with Crippen molar-refractivity contribution >= 4 is 11.1 Å². The number of hydrogen-bond donors (Lipinski definition) is 1. The molecule has 3 heteroatoms. The van der Waals surface area contributed by atoms with Gasteiger partial charge in [-0.3, -0.25) is 0 Å². The van der Waals surface area contributed by atoms with Gasteiger partial charge in [0.25, 0.3) is 0 Å². The van der Waals surface area contributed by atoms with E-state index in [1.807, 2.05) is 33.9 Å². The highest BCUT2D eigenvalue weighted by molar-refractivity contribution is 5.91. The van der Waals surface area contributed by atoms with E-state index in [9.17, 15) is 8.78 Å². The molecule has 28 heavy (non-hydrogen) atoms. The van der Waals surface area contributed by atoms with E-state index in [1.165, 1.54) is 12.1 Å². The van der Waals surface area contributed by atoms with E-state index in [0.29, 0.717) is 5.92 Å². The predicted molar refractivity (Wildman–Crippen MR) is 116 cm³/mol. The lowest BCUT2D eigenvalue weighted by Gasteiger charge is -2.20. The van der Waals surface area contributed by atoms with Crippen LogP contribution in [0.5, 0.6) is 0 Å². The van der Waals surface area contributed by atoms with E-state index < -0.39 is 0 Å². The maximum atomic E-state index is 14.2. The average molecular weight is 384 g/mol. The summed E-state index contributed by atoms with van der Waals surface area (Å²) in [6.07, 6.45) is 4.78. The minimum absolute atomic E-state index is 0.224. The first-order valence-electron chi connectivity index (χ1n) is 9.87. The fraction of sp³-hybridized carbons (Fsp3) is 0.360. The van der Waals surface area contributed by atoms with Crippen molar-refractivity contribution in [3.63, 3.8) is 0 Å². The molecule has 2 aromatic rings. The minimum Gasteiger partial charge on any atom is -0.320 e. The molecule has 150 valence electrons. The number of hydrogen-bond acceptors (Lipinski definition) is 1. The van der Waals surface area contributed by atoms with Gasteiger partial charge in [-0.2, -0.15) is 0 Å². The molecule has 0 aliphatic heterocycles. The molecule has 2 aromatic carbocycles. The highest BCUT2D eigenvalue weighted by Crippen LogP contribution is 2.34. The molecule has 0 amide bonds. The van der Waals surface area contributed by atoms with Gasteiger partial charge in [-0.25, -0.2) is 8.78 Å². The molecule has 2 rings (SSSR count). The fourth-order valence-electron chi connectivity index (χ4n) is 3.57. The van der Waals surface area contributed by atoms with Crippen molar-refractivity contribution in [3.8, 4) is 0 Å². The second-order valence-corrected chi connectivity index (χ2v) is 7.43. The summed E-state index contributed by atoms with van der Waals surface area (Å²) in [5.41, 5.74) is 6.10. The Morgan fingerprint density at radius 1 is 1.07 bits per heavy atom. The summed E-state index contributed by atoms with van der Waals surface area (Å²) in [5.74, 6) is -0.0916. The topological polar surface area (TPSA) is 12.0 Å². The molecule has 0 spiro atoms. The number of allylic oxidation sites excluding steroid dienone is 3. The Kier molecular flexibility index (Phi) is 8.13. The van der Waals surface area contributed by atoms with Crippen LogP contribution in [0, 0.1) is 31.4 Å². The zero-order chi connectivity index (χ0) is 20.7. The van der Waals surface area contributed by atoms with E-state index in [-0.39, 0.29) is 11.6 Å². The van der Waals surface area contributed by atoms with Crippen LogP contribution < -0.4 is 5.32 Å². The first-order chi connectivity index (χ1) is 13.4. The quantitative estimate of drug-likeness (QED) is 0.375. The van der Waals surface area contributed by atoms with Gasteiger partial charge in [-0.15, -0.1) is 6.58 Å². The fourth-order valence-corrected chi connectivity index (χ4v) is 3.57. The van der Waals surface area contributed by atoms with Gasteiger partial charge in [0.15, 0.2) is 0 Å². The Morgan fingerprint density at radius 3 is 2.36 bits per heavy atom. The monoisotopic (exact) mass is 383 g/mol. The van der Waals surface area contributed by atoms with E-state index in [2.05, 4.69) is 11.9 Å². The molecule has 0 radical (unpaired) electrons. The second kappa shape index (κ2) is 10.3. The van der Waals surface area contributed by atoms with Crippen LogP contribution >= 0.6 is 0 Å². The first-order valence-corrected chi connectivity index (χ1v) is 9.87. The number of rotatable bonds is 9. The van der Waals surface area contributed by atoms with Crippen LogP contribution in [0.2, 0.25) is 0 Å². The van der Waals surface area contributed by atoms with Gasteiger partial charge in [0.1, 0.15) is 11.6 Å². The Balaban J connectivity index is 2.48. The lowest BCUT2D eigenvalue weighted by molar-refractivity contribution is 0.537. The van der Waals surface area contributed by atoms with Gasteiger partial charge >= 0.3 is 0 Å². The van der Waals surface area contributed by atoms with Gasteiger partial charge in [0.2, 0.25) is 0 Å². The average Bonchev–Trinajstić information content (AvgIpc) is 2.68. The summed E-state index contributed by atoms with van der Waals surface area (Å²) in [7, 11) is 1.95. The maximum absolute atomic E-state index is 14.2. The Bertz CT molecular complexity index is 834. The van der Waals surface area contributed by atoms with Crippen molar-refractivity contribution in [2.24, 2.45) is 5.92 Å². The van der Waals surface area contributed by atoms with Crippen LogP contribution in [0.3, 0.4) is 0 Å². The highest BCUT2D eigenvalue weighted by Gasteiger charge is 2.15. The normalized spacial score (nSPS) is 13.2. The number of benzene rings is 2. The molecule has 0 saturated carbocycles. The smallest absolute Gasteiger partial charge is 0.124 e. The van der Waals surface area contributed by atoms with Crippen molar-refractivity contribution in [1.29, 1.82) is 0 Å². The third-order valence-corrected chi connectivity index (χ3v) is 5.55. The van der Waals surface area contributed by atoms with Crippen molar-refractivity contribution in [2.45, 2.75) is 40.0 Å². The Hall–Kier alpha value is -2.26. The third-order valence-electron chi connectivity index (χ3n) is 5.55. The van der Waals surface area contributed by atoms with Gasteiger partial charge in [-0.1, -0.05) is 18.2 Å². The zero-order valence-electron chi connectivity index (χ0n) is 17.4. The predicted octanol–water partition coefficient (Wildman–Crippen LogP) is 6.70. The lowest BCUT2D eigenvalue weighted by Crippen LogP contribution is -2.12. The molecule has 0 fully saturated rings. The van der Waals surface area contributed by atoms with E-state index >= 15 is 0 Å². The Labute approximate surface area is 168 Å². The maximum Gasteiger partial charge on any atom is 0.124 e. The molecule has 1 nitrogen and oxygen atoms in total. The molecule has 0 saturated heterocycles. The van der Waals surface area contributed by atoms with Crippen LogP contribution in [0.25, 0.3) is 11.1 Å². The summed E-state index contributed by atoms with van der Waals surface area (Å²) in [6, 6.07) is 9.72. The molecular formula is C25H31F2N. The summed E-state index contributed by atoms with van der Waals surface area (Å²) in [4.78, 5) is 0. The van der Waals surface area contributed by atoms with E-state index in [1.54, 1.807) is 24.3 Å². The lowest BCUT2D eigenvalue weighted by atomic mass is 9.86. The zero-order valence-corrected chi connectivity index (χ0v) is 17.4. The van der Waals surface area contributed by atoms with E-state index in [0.717, 1.165) is 59.2 Å². The van der Waals surface area contributed by atoms with Crippen LogP contribution in [0.4, 0.5) is 8.78 Å². The molecule has 0 heterocycles. The summed E-state index contributed by atoms with van der Waals surface area (Å²) < 4.78 is 27.6. The largest absolute Gasteiger partial charge is 0.320 e. The number of halogens is 2. The van der Waals surface area contributed by atoms with Gasteiger partial charge in [0, 0.05) is 0 Å². The van der Waals surface area contributed by atoms with Crippen LogP contribution in [0.1, 0.15) is 48.4 Å². The van der Waals surface area contributed by atoms with Crippen molar-refractivity contribution in [1.82, 2.24) is 5.32 Å². The summed E-state index contributed by atoms with van der Waals surface area (Å²) in [6.45, 7) is 10.9. The van der Waals surface area contributed by atoms with Gasteiger partial charge < -0.3 is 5.32 Å². The molecule has 1 N–H and O–H groups in total. The molecule has 0 bridgehead atoms. The molecule has 0 aliphatic carbocycles. The summed E-state index contributed by atoms with van der Waals surface area (Å²) >= 11 is 0. The van der Waals surface area contributed by atoms with E-state index in [4.69, 9.17) is 0 Å². The van der Waals surface area contributed by atoms with Crippen LogP contribution in [-0.2, 0) is 0 Å². The molecule has 0 aliphatic rings. The number of aryl methyl sites for hydroxylation is 1. The van der Waals surface area contributed by atoms with Gasteiger partial charge in [-0.05, 0) is 117 Å². The van der Waals surface area contributed by atoms with Crippen molar-refractivity contribution in [3.05, 3.63) is 82.9 Å². The van der Waals surface area contributed by atoms with Crippen LogP contribution in [-0.4, -0.2) is 13.6 Å². The standard InChI is InChI=1S/C25H31F2N/c1-6-20(13-14-28-5)7-12-24(19(4)21-8-10-22(26)11-9-21)25-16-23(27)15-17(2)18(25)3/h6,8-11,15-16,20,28H,1,7,12-14H2,2-5H3/b24-19+. The molecule has 1 atom stereocenters. The summed E-state index contributed by atoms with van der Waals surface area (Å²) in [5, 5.41) is 3.18. The second-order valence-electron chi connectivity index (χ2n) is 7.43. The molecule has 1 unspecified atom stereocenters. The highest BCUT2D eigenvalue weighted by atomic mass is 19.1. The van der Waals surface area contributed by atoms with Crippen molar-refractivity contribution in [2.75, 3.05) is 13.6 Å². The third kappa shape index (κ3) is 5.62. The molecule has 0 aromatic heterocycles.